The van der Waals surface area contributed by atoms with Crippen LogP contribution in [0.1, 0.15) is 27.2 Å². The Kier molecular flexibility index (Phi) is 5.63. The van der Waals surface area contributed by atoms with Crippen molar-refractivity contribution in [1.82, 2.24) is 15.1 Å². The average Bonchev–Trinajstić information content (AvgIpc) is 3.05. The lowest BCUT2D eigenvalue weighted by Gasteiger charge is -2.11. The summed E-state index contributed by atoms with van der Waals surface area (Å²) in [5.74, 6) is -0.102. The minimum Gasteiger partial charge on any atom is -0.346 e. The van der Waals surface area contributed by atoms with Gasteiger partial charge in [0, 0.05) is 29.4 Å². The summed E-state index contributed by atoms with van der Waals surface area (Å²) in [5, 5.41) is 7.04. The molecule has 0 saturated carbocycles. The second-order valence-electron chi connectivity index (χ2n) is 6.18. The monoisotopic (exact) mass is 366 g/mol. The zero-order chi connectivity index (χ0) is 18.5. The molecule has 0 unspecified atom stereocenters. The molecule has 5 nitrogen and oxygen atoms in total. The van der Waals surface area contributed by atoms with Gasteiger partial charge in [-0.25, -0.2) is 0 Å². The van der Waals surface area contributed by atoms with Crippen molar-refractivity contribution < 1.29 is 4.79 Å². The fourth-order valence-corrected chi connectivity index (χ4v) is 3.16. The maximum absolute atomic E-state index is 12.5. The second kappa shape index (κ2) is 8.10. The van der Waals surface area contributed by atoms with Gasteiger partial charge in [-0.05, 0) is 61.7 Å². The van der Waals surface area contributed by atoms with Crippen LogP contribution in [0.2, 0.25) is 0 Å². The van der Waals surface area contributed by atoms with Crippen LogP contribution in [0.4, 0.5) is 5.69 Å². The molecule has 6 heteroatoms. The van der Waals surface area contributed by atoms with Gasteiger partial charge < -0.3 is 10.0 Å². The highest BCUT2D eigenvalue weighted by Gasteiger charge is 2.09. The number of amides is 1. The Bertz CT molecular complexity index is 902. The first-order chi connectivity index (χ1) is 12.5. The van der Waals surface area contributed by atoms with Gasteiger partial charge in [-0.2, -0.15) is 5.10 Å². The molecule has 0 bridgehead atoms. The summed E-state index contributed by atoms with van der Waals surface area (Å²) in [7, 11) is 1.86. The lowest BCUT2D eigenvalue weighted by atomic mass is 10.1. The van der Waals surface area contributed by atoms with Gasteiger partial charge in [0.25, 0.3) is 5.91 Å². The third kappa shape index (κ3) is 4.46. The van der Waals surface area contributed by atoms with Gasteiger partial charge in [0.1, 0.15) is 0 Å². The summed E-state index contributed by atoms with van der Waals surface area (Å²) in [6.45, 7) is 4.54. The molecule has 1 amide bonds. The maximum atomic E-state index is 12.5. The largest absolute Gasteiger partial charge is 0.346 e. The molecule has 134 valence electrons. The van der Waals surface area contributed by atoms with Crippen LogP contribution >= 0.6 is 11.9 Å². The van der Waals surface area contributed by atoms with Crippen molar-refractivity contribution in [2.45, 2.75) is 25.3 Å². The molecule has 0 aliphatic rings. The number of rotatable bonds is 6. The van der Waals surface area contributed by atoms with Crippen molar-refractivity contribution in [2.75, 3.05) is 4.72 Å². The summed E-state index contributed by atoms with van der Waals surface area (Å²) >= 11 is 1.54. The van der Waals surface area contributed by atoms with E-state index in [-0.39, 0.29) is 5.91 Å². The molecular weight excluding hydrogens is 344 g/mol. The first kappa shape index (κ1) is 18.1. The van der Waals surface area contributed by atoms with Crippen LogP contribution in [-0.4, -0.2) is 15.7 Å². The number of aromatic nitrogens is 2. The van der Waals surface area contributed by atoms with Crippen LogP contribution in [0.15, 0.2) is 59.6 Å². The molecule has 2 N–H and O–H groups in total. The molecule has 0 aliphatic carbocycles. The van der Waals surface area contributed by atoms with E-state index in [4.69, 9.17) is 0 Å². The summed E-state index contributed by atoms with van der Waals surface area (Å²) < 4.78 is 5.10. The number of carbonyl (C=O) groups is 1. The summed E-state index contributed by atoms with van der Waals surface area (Å²) in [6, 6.07) is 15.9. The van der Waals surface area contributed by atoms with Crippen molar-refractivity contribution in [2.24, 2.45) is 7.05 Å². The smallest absolute Gasteiger partial charge is 0.251 e. The van der Waals surface area contributed by atoms with Crippen LogP contribution in [0, 0.1) is 13.8 Å². The van der Waals surface area contributed by atoms with E-state index in [1.165, 1.54) is 17.5 Å². The molecule has 1 heterocycles. The summed E-state index contributed by atoms with van der Waals surface area (Å²) in [6.07, 6.45) is 1.72. The Balaban J connectivity index is 1.65. The number of benzene rings is 2. The van der Waals surface area contributed by atoms with Crippen molar-refractivity contribution in [3.05, 3.63) is 77.1 Å². The predicted molar refractivity (Wildman–Crippen MR) is 106 cm³/mol. The lowest BCUT2D eigenvalue weighted by Crippen LogP contribution is -2.24. The predicted octanol–water partition coefficient (Wildman–Crippen LogP) is 4.09. The van der Waals surface area contributed by atoms with Crippen LogP contribution < -0.4 is 10.0 Å². The lowest BCUT2D eigenvalue weighted by molar-refractivity contribution is 0.0950. The number of anilines is 1. The zero-order valence-electron chi connectivity index (χ0n) is 15.1. The van der Waals surface area contributed by atoms with Gasteiger partial charge in [-0.1, -0.05) is 23.8 Å². The van der Waals surface area contributed by atoms with E-state index in [1.807, 2.05) is 38.2 Å². The number of nitrogens with zero attached hydrogens (tertiary/aromatic N) is 2. The number of aryl methyl sites for hydroxylation is 3. The molecule has 0 saturated heterocycles. The SMILES string of the molecule is Cc1ccc(SNc2cc(C(=O)NCc3ccnn3C)ccc2C)cc1. The molecule has 0 aliphatic heterocycles. The van der Waals surface area contributed by atoms with Gasteiger partial charge in [-0.3, -0.25) is 9.48 Å². The Morgan fingerprint density at radius 2 is 1.88 bits per heavy atom. The zero-order valence-corrected chi connectivity index (χ0v) is 15.9. The summed E-state index contributed by atoms with van der Waals surface area (Å²) in [5.41, 5.74) is 4.85. The molecule has 26 heavy (non-hydrogen) atoms. The molecule has 0 radical (unpaired) electrons. The van der Waals surface area contributed by atoms with E-state index in [9.17, 15) is 4.79 Å². The van der Waals surface area contributed by atoms with Gasteiger partial charge in [0.05, 0.1) is 12.2 Å². The van der Waals surface area contributed by atoms with Crippen molar-refractivity contribution in [1.29, 1.82) is 0 Å². The number of hydrogen-bond donors (Lipinski definition) is 2. The van der Waals surface area contributed by atoms with E-state index < -0.39 is 0 Å². The van der Waals surface area contributed by atoms with Crippen molar-refractivity contribution >= 4 is 23.5 Å². The highest BCUT2D eigenvalue weighted by atomic mass is 32.2. The Morgan fingerprint density at radius 3 is 2.58 bits per heavy atom. The minimum absolute atomic E-state index is 0.102. The third-order valence-corrected chi connectivity index (χ3v) is 4.98. The van der Waals surface area contributed by atoms with Gasteiger partial charge in [0.2, 0.25) is 0 Å². The first-order valence-electron chi connectivity index (χ1n) is 8.38. The molecule has 0 fully saturated rings. The molecule has 3 rings (SSSR count). The Hall–Kier alpha value is -2.73. The first-order valence-corrected chi connectivity index (χ1v) is 9.20. The normalized spacial score (nSPS) is 10.6. The molecule has 2 aromatic carbocycles. The maximum Gasteiger partial charge on any atom is 0.251 e. The number of nitrogens with one attached hydrogen (secondary N) is 2. The fraction of sp³-hybridized carbons (Fsp3) is 0.200. The molecule has 0 atom stereocenters. The fourth-order valence-electron chi connectivity index (χ4n) is 2.44. The Morgan fingerprint density at radius 1 is 1.12 bits per heavy atom. The van der Waals surface area contributed by atoms with E-state index in [0.29, 0.717) is 12.1 Å². The highest BCUT2D eigenvalue weighted by Crippen LogP contribution is 2.25. The molecule has 1 aromatic heterocycles. The topological polar surface area (TPSA) is 59.0 Å². The van der Waals surface area contributed by atoms with Crippen LogP contribution in [0.3, 0.4) is 0 Å². The number of carbonyl (C=O) groups excluding carboxylic acids is 1. The standard InChI is InChI=1S/C20H22N4OS/c1-14-4-8-18(9-5-14)26-23-19-12-16(7-6-15(19)2)20(25)21-13-17-10-11-22-24(17)3/h4-12,23H,13H2,1-3H3,(H,21,25). The van der Waals surface area contributed by atoms with E-state index in [2.05, 4.69) is 46.3 Å². The average molecular weight is 366 g/mol. The third-order valence-electron chi connectivity index (χ3n) is 4.15. The van der Waals surface area contributed by atoms with E-state index in [0.717, 1.165) is 21.8 Å². The van der Waals surface area contributed by atoms with Gasteiger partial charge in [0.15, 0.2) is 0 Å². The number of hydrogen-bond acceptors (Lipinski definition) is 4. The Labute approximate surface area is 157 Å². The van der Waals surface area contributed by atoms with Crippen molar-refractivity contribution in [3.8, 4) is 0 Å². The molecular formula is C20H22N4OS. The van der Waals surface area contributed by atoms with Gasteiger partial charge >= 0.3 is 0 Å². The van der Waals surface area contributed by atoms with Crippen LogP contribution in [0.5, 0.6) is 0 Å². The van der Waals surface area contributed by atoms with Crippen molar-refractivity contribution in [3.63, 3.8) is 0 Å². The quantitative estimate of drug-likeness (QED) is 0.645. The van der Waals surface area contributed by atoms with Crippen LogP contribution in [-0.2, 0) is 13.6 Å². The minimum atomic E-state index is -0.102. The van der Waals surface area contributed by atoms with E-state index in [1.54, 1.807) is 10.9 Å². The van der Waals surface area contributed by atoms with Gasteiger partial charge in [-0.15, -0.1) is 0 Å². The second-order valence-corrected chi connectivity index (χ2v) is 7.06. The highest BCUT2D eigenvalue weighted by molar-refractivity contribution is 8.00. The molecule has 0 spiro atoms. The summed E-state index contributed by atoms with van der Waals surface area (Å²) in [4.78, 5) is 13.6. The van der Waals surface area contributed by atoms with E-state index >= 15 is 0 Å². The molecule has 3 aromatic rings. The van der Waals surface area contributed by atoms with Crippen LogP contribution in [0.25, 0.3) is 0 Å².